The molecule has 0 saturated heterocycles. The first kappa shape index (κ1) is 22.9. The van der Waals surface area contributed by atoms with E-state index in [1.54, 1.807) is 37.3 Å². The fraction of sp³-hybridized carbons (Fsp3) is 0.182. The number of sulfonamides is 1. The van der Waals surface area contributed by atoms with Gasteiger partial charge in [0.15, 0.2) is 23.3 Å². The molecule has 0 atom stereocenters. The molecule has 0 fully saturated rings. The van der Waals surface area contributed by atoms with Crippen LogP contribution in [0.1, 0.15) is 22.3 Å². The van der Waals surface area contributed by atoms with Crippen molar-refractivity contribution in [3.8, 4) is 0 Å². The molecule has 0 aliphatic heterocycles. The summed E-state index contributed by atoms with van der Waals surface area (Å²) < 4.78 is 96.4. The lowest BCUT2D eigenvalue weighted by Gasteiger charge is -2.23. The van der Waals surface area contributed by atoms with Crippen LogP contribution < -0.4 is 0 Å². The maximum absolute atomic E-state index is 14.4. The van der Waals surface area contributed by atoms with Crippen molar-refractivity contribution in [2.45, 2.75) is 31.8 Å². The molecule has 0 aromatic heterocycles. The molecule has 0 aliphatic rings. The quantitative estimate of drug-likeness (QED) is 0.284. The first-order valence-electron chi connectivity index (χ1n) is 9.14. The van der Waals surface area contributed by atoms with Crippen molar-refractivity contribution >= 4 is 10.0 Å². The van der Waals surface area contributed by atoms with Gasteiger partial charge < -0.3 is 0 Å². The van der Waals surface area contributed by atoms with E-state index in [1.807, 2.05) is 6.92 Å². The number of hydrogen-bond donors (Lipinski definition) is 0. The van der Waals surface area contributed by atoms with E-state index in [0.717, 1.165) is 5.56 Å². The molecule has 0 unspecified atom stereocenters. The summed E-state index contributed by atoms with van der Waals surface area (Å²) in [5.74, 6) is -8.95. The van der Waals surface area contributed by atoms with Gasteiger partial charge in [-0.3, -0.25) is 0 Å². The fourth-order valence-corrected chi connectivity index (χ4v) is 4.45. The summed E-state index contributed by atoms with van der Waals surface area (Å²) in [5, 5.41) is 0. The molecule has 3 aromatic rings. The van der Waals surface area contributed by atoms with Crippen LogP contribution in [0.15, 0.2) is 53.4 Å². The molecule has 0 heterocycles. The Bertz CT molecular complexity index is 1230. The standard InChI is InChI=1S/C22H18F5NO2S/c1-13-3-6-15(7-4-13)11-28(12-16-8-5-14(2)9-17(16)23)31(29,30)19-10-18(24)20(25)22(27)21(19)26/h3-10H,11-12H2,1-2H3. The summed E-state index contributed by atoms with van der Waals surface area (Å²) >= 11 is 0. The zero-order valence-corrected chi connectivity index (χ0v) is 17.4. The SMILES string of the molecule is Cc1ccc(CN(Cc2ccc(C)cc2F)S(=O)(=O)c2cc(F)c(F)c(F)c2F)cc1. The Hall–Kier alpha value is -2.78. The van der Waals surface area contributed by atoms with E-state index in [2.05, 4.69) is 0 Å². The van der Waals surface area contributed by atoms with Crippen molar-refractivity contribution in [2.24, 2.45) is 0 Å². The second-order valence-electron chi connectivity index (χ2n) is 7.15. The van der Waals surface area contributed by atoms with Gasteiger partial charge in [-0.15, -0.1) is 0 Å². The Labute approximate surface area is 176 Å². The summed E-state index contributed by atoms with van der Waals surface area (Å²) in [5.41, 5.74) is 1.95. The second-order valence-corrected chi connectivity index (χ2v) is 9.06. The van der Waals surface area contributed by atoms with E-state index in [1.165, 1.54) is 12.1 Å². The van der Waals surface area contributed by atoms with Gasteiger partial charge in [0.2, 0.25) is 10.0 Å². The Balaban J connectivity index is 2.11. The summed E-state index contributed by atoms with van der Waals surface area (Å²) in [4.78, 5) is -1.37. The average Bonchev–Trinajstić information content (AvgIpc) is 2.71. The Morgan fingerprint density at radius 2 is 1.32 bits per heavy atom. The van der Waals surface area contributed by atoms with E-state index >= 15 is 0 Å². The molecule has 3 rings (SSSR count). The van der Waals surface area contributed by atoms with Crippen molar-refractivity contribution in [1.82, 2.24) is 4.31 Å². The molecule has 0 aliphatic carbocycles. The number of hydrogen-bond acceptors (Lipinski definition) is 2. The lowest BCUT2D eigenvalue weighted by Crippen LogP contribution is -2.31. The minimum absolute atomic E-state index is 0.0234. The van der Waals surface area contributed by atoms with Gasteiger partial charge in [-0.05, 0) is 31.0 Å². The second kappa shape index (κ2) is 8.76. The van der Waals surface area contributed by atoms with E-state index in [4.69, 9.17) is 0 Å². The molecule has 0 bridgehead atoms. The molecular weight excluding hydrogens is 437 g/mol. The average molecular weight is 455 g/mol. The summed E-state index contributed by atoms with van der Waals surface area (Å²) in [6.45, 7) is 2.59. The monoisotopic (exact) mass is 455 g/mol. The van der Waals surface area contributed by atoms with Crippen LogP contribution in [-0.2, 0) is 23.1 Å². The van der Waals surface area contributed by atoms with Crippen molar-refractivity contribution < 1.29 is 30.4 Å². The molecule has 0 radical (unpaired) electrons. The van der Waals surface area contributed by atoms with Crippen LogP contribution in [0.5, 0.6) is 0 Å². The number of halogens is 5. The van der Waals surface area contributed by atoms with Gasteiger partial charge in [-0.1, -0.05) is 42.0 Å². The lowest BCUT2D eigenvalue weighted by atomic mass is 10.1. The summed E-state index contributed by atoms with van der Waals surface area (Å²) in [7, 11) is -4.88. The molecule has 3 aromatic carbocycles. The van der Waals surface area contributed by atoms with E-state index in [9.17, 15) is 30.4 Å². The molecule has 31 heavy (non-hydrogen) atoms. The van der Waals surface area contributed by atoms with Gasteiger partial charge in [-0.2, -0.15) is 4.31 Å². The van der Waals surface area contributed by atoms with Crippen molar-refractivity contribution in [3.05, 3.63) is 99.9 Å². The number of aryl methyl sites for hydroxylation is 2. The Kier molecular flexibility index (Phi) is 6.47. The third-order valence-corrected chi connectivity index (χ3v) is 6.51. The normalized spacial score (nSPS) is 11.9. The van der Waals surface area contributed by atoms with Crippen LogP contribution >= 0.6 is 0 Å². The third kappa shape index (κ3) is 4.77. The van der Waals surface area contributed by atoms with Crippen LogP contribution in [0.25, 0.3) is 0 Å². The van der Waals surface area contributed by atoms with Gasteiger partial charge in [0, 0.05) is 24.7 Å². The predicted octanol–water partition coefficient (Wildman–Crippen LogP) is 5.39. The van der Waals surface area contributed by atoms with Gasteiger partial charge >= 0.3 is 0 Å². The first-order valence-corrected chi connectivity index (χ1v) is 10.6. The largest absolute Gasteiger partial charge is 0.246 e. The Morgan fingerprint density at radius 1 is 0.710 bits per heavy atom. The molecule has 0 amide bonds. The van der Waals surface area contributed by atoms with Crippen molar-refractivity contribution in [1.29, 1.82) is 0 Å². The highest BCUT2D eigenvalue weighted by Crippen LogP contribution is 2.28. The zero-order valence-electron chi connectivity index (χ0n) is 16.6. The molecule has 9 heteroatoms. The summed E-state index contributed by atoms with van der Waals surface area (Å²) in [6.07, 6.45) is 0. The van der Waals surface area contributed by atoms with E-state index < -0.39 is 50.5 Å². The van der Waals surface area contributed by atoms with Crippen LogP contribution in [0.4, 0.5) is 22.0 Å². The molecular formula is C22H18F5NO2S. The maximum Gasteiger partial charge on any atom is 0.246 e. The topological polar surface area (TPSA) is 37.4 Å². The van der Waals surface area contributed by atoms with Crippen LogP contribution in [-0.4, -0.2) is 12.7 Å². The number of nitrogens with zero attached hydrogens (tertiary/aromatic N) is 1. The Morgan fingerprint density at radius 3 is 1.94 bits per heavy atom. The number of rotatable bonds is 6. The minimum atomic E-state index is -4.88. The van der Waals surface area contributed by atoms with Gasteiger partial charge in [0.05, 0.1) is 0 Å². The van der Waals surface area contributed by atoms with Crippen LogP contribution in [0.2, 0.25) is 0 Å². The van der Waals surface area contributed by atoms with Crippen molar-refractivity contribution in [2.75, 3.05) is 0 Å². The molecule has 164 valence electrons. The highest BCUT2D eigenvalue weighted by Gasteiger charge is 2.32. The molecule has 0 saturated carbocycles. The summed E-state index contributed by atoms with van der Waals surface area (Å²) in [6, 6.07) is 10.9. The van der Waals surface area contributed by atoms with Gasteiger partial charge in [0.25, 0.3) is 0 Å². The van der Waals surface area contributed by atoms with E-state index in [0.29, 0.717) is 15.4 Å². The van der Waals surface area contributed by atoms with Crippen molar-refractivity contribution in [3.63, 3.8) is 0 Å². The fourth-order valence-electron chi connectivity index (χ4n) is 2.97. The molecule has 0 N–H and O–H groups in total. The molecule has 0 spiro atoms. The van der Waals surface area contributed by atoms with Crippen LogP contribution in [0.3, 0.4) is 0 Å². The number of benzene rings is 3. The zero-order chi connectivity index (χ0) is 22.9. The van der Waals surface area contributed by atoms with Gasteiger partial charge in [-0.25, -0.2) is 30.4 Å². The highest BCUT2D eigenvalue weighted by molar-refractivity contribution is 7.89. The maximum atomic E-state index is 14.4. The highest BCUT2D eigenvalue weighted by atomic mass is 32.2. The van der Waals surface area contributed by atoms with Gasteiger partial charge in [0.1, 0.15) is 10.7 Å². The first-order chi connectivity index (χ1) is 14.5. The minimum Gasteiger partial charge on any atom is -0.207 e. The van der Waals surface area contributed by atoms with Crippen LogP contribution in [0, 0.1) is 42.9 Å². The third-order valence-electron chi connectivity index (χ3n) is 4.72. The predicted molar refractivity (Wildman–Crippen MR) is 105 cm³/mol. The molecule has 3 nitrogen and oxygen atoms in total. The van der Waals surface area contributed by atoms with E-state index in [-0.39, 0.29) is 18.2 Å². The lowest BCUT2D eigenvalue weighted by molar-refractivity contribution is 0.374. The smallest absolute Gasteiger partial charge is 0.207 e.